The Hall–Kier alpha value is -1.88. The van der Waals surface area contributed by atoms with Crippen molar-refractivity contribution < 1.29 is 9.26 Å². The van der Waals surface area contributed by atoms with Gasteiger partial charge in [0.05, 0.1) is 12.6 Å². The highest BCUT2D eigenvalue weighted by atomic mass is 16.5. The van der Waals surface area contributed by atoms with Crippen molar-refractivity contribution in [1.29, 1.82) is 0 Å². The third-order valence-electron chi connectivity index (χ3n) is 2.85. The molecule has 102 valence electrons. The third kappa shape index (κ3) is 3.12. The van der Waals surface area contributed by atoms with Crippen LogP contribution in [0.1, 0.15) is 32.7 Å². The molecule has 5 heteroatoms. The molecule has 0 aliphatic rings. The molecule has 0 unspecified atom stereocenters. The van der Waals surface area contributed by atoms with E-state index in [1.54, 1.807) is 0 Å². The van der Waals surface area contributed by atoms with Crippen LogP contribution in [0.5, 0.6) is 5.75 Å². The summed E-state index contributed by atoms with van der Waals surface area (Å²) in [6, 6.07) is 7.36. The molecule has 1 atom stereocenters. The van der Waals surface area contributed by atoms with Crippen molar-refractivity contribution >= 4 is 0 Å². The predicted octanol–water partition coefficient (Wildman–Crippen LogP) is 2.79. The van der Waals surface area contributed by atoms with Gasteiger partial charge in [-0.15, -0.1) is 0 Å². The minimum atomic E-state index is -0.240. The van der Waals surface area contributed by atoms with E-state index in [2.05, 4.69) is 10.1 Å². The monoisotopic (exact) mass is 261 g/mol. The zero-order valence-electron chi connectivity index (χ0n) is 11.5. The summed E-state index contributed by atoms with van der Waals surface area (Å²) in [7, 11) is 0. The van der Waals surface area contributed by atoms with Crippen molar-refractivity contribution in [3.05, 3.63) is 30.2 Å². The Bertz CT molecular complexity index is 537. The fraction of sp³-hybridized carbons (Fsp3) is 0.429. The summed E-state index contributed by atoms with van der Waals surface area (Å²) in [4.78, 5) is 4.34. The first-order chi connectivity index (χ1) is 9.11. The van der Waals surface area contributed by atoms with Crippen LogP contribution < -0.4 is 10.5 Å². The molecule has 1 aromatic carbocycles. The second-order valence-corrected chi connectivity index (χ2v) is 4.69. The topological polar surface area (TPSA) is 74.2 Å². The number of benzene rings is 1. The summed E-state index contributed by atoms with van der Waals surface area (Å²) >= 11 is 0. The summed E-state index contributed by atoms with van der Waals surface area (Å²) in [5.41, 5.74) is 6.84. The van der Waals surface area contributed by atoms with Gasteiger partial charge in [-0.1, -0.05) is 31.1 Å². The molecule has 2 aromatic rings. The lowest BCUT2D eigenvalue weighted by atomic mass is 10.1. The number of rotatable bonds is 5. The molecule has 0 radical (unpaired) electrons. The molecule has 0 bridgehead atoms. The smallest absolute Gasteiger partial charge is 0.244 e. The van der Waals surface area contributed by atoms with Crippen molar-refractivity contribution in [3.63, 3.8) is 0 Å². The number of nitrogens with two attached hydrogens (primary N) is 1. The minimum absolute atomic E-state index is 0.240. The molecule has 0 aliphatic carbocycles. The van der Waals surface area contributed by atoms with Crippen LogP contribution >= 0.6 is 0 Å². The summed E-state index contributed by atoms with van der Waals surface area (Å²) < 4.78 is 10.7. The average Bonchev–Trinajstić information content (AvgIpc) is 2.88. The first-order valence-corrected chi connectivity index (χ1v) is 6.44. The molecule has 2 rings (SSSR count). The molecule has 0 saturated carbocycles. The van der Waals surface area contributed by atoms with E-state index in [0.717, 1.165) is 11.3 Å². The number of aromatic nitrogens is 2. The summed E-state index contributed by atoms with van der Waals surface area (Å²) in [6.45, 7) is 6.61. The Kier molecular flexibility index (Phi) is 4.16. The summed E-state index contributed by atoms with van der Waals surface area (Å²) in [5.74, 6) is 2.04. The maximum atomic E-state index is 5.99. The highest BCUT2D eigenvalue weighted by Crippen LogP contribution is 2.24. The normalized spacial score (nSPS) is 12.7. The molecule has 0 spiro atoms. The van der Waals surface area contributed by atoms with Crippen molar-refractivity contribution in [2.75, 3.05) is 6.61 Å². The maximum absolute atomic E-state index is 5.99. The number of ether oxygens (including phenoxy) is 1. The van der Waals surface area contributed by atoms with Gasteiger partial charge in [0.25, 0.3) is 0 Å². The SMILES string of the molecule is CCOc1cccc(-c2noc([C@H](N)C(C)C)n2)c1. The highest BCUT2D eigenvalue weighted by molar-refractivity contribution is 5.56. The van der Waals surface area contributed by atoms with Crippen LogP contribution in [0.25, 0.3) is 11.4 Å². The molecule has 19 heavy (non-hydrogen) atoms. The summed E-state index contributed by atoms with van der Waals surface area (Å²) in [5, 5.41) is 3.97. The zero-order chi connectivity index (χ0) is 13.8. The standard InChI is InChI=1S/C14H19N3O2/c1-4-18-11-7-5-6-10(8-11)13-16-14(19-17-13)12(15)9(2)3/h5-9,12H,4,15H2,1-3H3/t12-/m1/s1. The fourth-order valence-corrected chi connectivity index (χ4v) is 1.66. The van der Waals surface area contributed by atoms with Gasteiger partial charge in [0.1, 0.15) is 5.75 Å². The van der Waals surface area contributed by atoms with E-state index in [1.807, 2.05) is 45.0 Å². The predicted molar refractivity (Wildman–Crippen MR) is 72.7 cm³/mol. The third-order valence-corrected chi connectivity index (χ3v) is 2.85. The van der Waals surface area contributed by atoms with Crippen LogP contribution in [-0.4, -0.2) is 16.7 Å². The van der Waals surface area contributed by atoms with Gasteiger partial charge in [0, 0.05) is 5.56 Å². The van der Waals surface area contributed by atoms with Crippen LogP contribution in [0, 0.1) is 5.92 Å². The van der Waals surface area contributed by atoms with E-state index in [1.165, 1.54) is 0 Å². The largest absolute Gasteiger partial charge is 0.494 e. The molecule has 1 heterocycles. The molecule has 0 amide bonds. The molecule has 0 aliphatic heterocycles. The highest BCUT2D eigenvalue weighted by Gasteiger charge is 2.18. The van der Waals surface area contributed by atoms with Gasteiger partial charge >= 0.3 is 0 Å². The van der Waals surface area contributed by atoms with Crippen molar-refractivity contribution in [2.45, 2.75) is 26.8 Å². The van der Waals surface area contributed by atoms with E-state index in [9.17, 15) is 0 Å². The fourth-order valence-electron chi connectivity index (χ4n) is 1.66. The van der Waals surface area contributed by atoms with Gasteiger partial charge in [0.2, 0.25) is 11.7 Å². The second-order valence-electron chi connectivity index (χ2n) is 4.69. The second kappa shape index (κ2) is 5.84. The van der Waals surface area contributed by atoms with E-state index < -0.39 is 0 Å². The Labute approximate surface area is 112 Å². The van der Waals surface area contributed by atoms with Gasteiger partial charge in [-0.2, -0.15) is 4.98 Å². The average molecular weight is 261 g/mol. The molecule has 2 N–H and O–H groups in total. The number of nitrogens with zero attached hydrogens (tertiary/aromatic N) is 2. The Morgan fingerprint density at radius 1 is 1.37 bits per heavy atom. The number of hydrogen-bond donors (Lipinski definition) is 1. The van der Waals surface area contributed by atoms with Gasteiger partial charge in [-0.25, -0.2) is 0 Å². The lowest BCUT2D eigenvalue weighted by Gasteiger charge is -2.09. The molecular formula is C14H19N3O2. The Morgan fingerprint density at radius 3 is 2.84 bits per heavy atom. The zero-order valence-corrected chi connectivity index (χ0v) is 11.5. The van der Waals surface area contributed by atoms with Crippen molar-refractivity contribution in [2.24, 2.45) is 11.7 Å². The first kappa shape index (κ1) is 13.5. The number of hydrogen-bond acceptors (Lipinski definition) is 5. The van der Waals surface area contributed by atoms with Crippen LogP contribution in [0.4, 0.5) is 0 Å². The first-order valence-electron chi connectivity index (χ1n) is 6.44. The molecule has 0 fully saturated rings. The lowest BCUT2D eigenvalue weighted by molar-refractivity contribution is 0.325. The molecule has 1 aromatic heterocycles. The van der Waals surface area contributed by atoms with Crippen molar-refractivity contribution in [3.8, 4) is 17.1 Å². The van der Waals surface area contributed by atoms with E-state index >= 15 is 0 Å². The van der Waals surface area contributed by atoms with Gasteiger partial charge in [-0.05, 0) is 25.0 Å². The molecule has 5 nitrogen and oxygen atoms in total. The van der Waals surface area contributed by atoms with Crippen LogP contribution in [-0.2, 0) is 0 Å². The van der Waals surface area contributed by atoms with Crippen molar-refractivity contribution in [1.82, 2.24) is 10.1 Å². The minimum Gasteiger partial charge on any atom is -0.494 e. The Balaban J connectivity index is 2.25. The maximum Gasteiger partial charge on any atom is 0.244 e. The molecule has 0 saturated heterocycles. The quantitative estimate of drug-likeness (QED) is 0.895. The Morgan fingerprint density at radius 2 is 2.16 bits per heavy atom. The van der Waals surface area contributed by atoms with E-state index in [0.29, 0.717) is 18.3 Å². The van der Waals surface area contributed by atoms with Gasteiger partial charge < -0.3 is 15.0 Å². The van der Waals surface area contributed by atoms with E-state index in [-0.39, 0.29) is 12.0 Å². The summed E-state index contributed by atoms with van der Waals surface area (Å²) in [6.07, 6.45) is 0. The van der Waals surface area contributed by atoms with Gasteiger partial charge in [-0.3, -0.25) is 0 Å². The molecular weight excluding hydrogens is 242 g/mol. The van der Waals surface area contributed by atoms with Crippen LogP contribution in [0.2, 0.25) is 0 Å². The lowest BCUT2D eigenvalue weighted by Crippen LogP contribution is -2.16. The van der Waals surface area contributed by atoms with E-state index in [4.69, 9.17) is 15.0 Å². The van der Waals surface area contributed by atoms with Crippen LogP contribution in [0.3, 0.4) is 0 Å². The van der Waals surface area contributed by atoms with Crippen LogP contribution in [0.15, 0.2) is 28.8 Å². The van der Waals surface area contributed by atoms with Gasteiger partial charge in [0.15, 0.2) is 0 Å².